The van der Waals surface area contributed by atoms with Crippen LogP contribution in [0.15, 0.2) is 40.9 Å². The van der Waals surface area contributed by atoms with Gasteiger partial charge in [0.15, 0.2) is 11.5 Å². The highest BCUT2D eigenvalue weighted by Gasteiger charge is 2.09. The third-order valence-electron chi connectivity index (χ3n) is 3.11. The number of rotatable bonds is 5. The summed E-state index contributed by atoms with van der Waals surface area (Å²) in [4.78, 5) is 0. The number of hydrogen-bond donors (Lipinski definition) is 1. The first-order chi connectivity index (χ1) is 10.0. The molecule has 112 valence electrons. The largest absolute Gasteiger partial charge is 0.493 e. The third kappa shape index (κ3) is 4.13. The second-order valence-corrected chi connectivity index (χ2v) is 6.05. The van der Waals surface area contributed by atoms with Gasteiger partial charge in [0.1, 0.15) is 6.61 Å². The van der Waals surface area contributed by atoms with Crippen molar-refractivity contribution in [3.8, 4) is 11.5 Å². The van der Waals surface area contributed by atoms with Gasteiger partial charge in [-0.3, -0.25) is 0 Å². The van der Waals surface area contributed by atoms with Gasteiger partial charge in [-0.15, -0.1) is 0 Å². The van der Waals surface area contributed by atoms with Crippen molar-refractivity contribution in [2.24, 2.45) is 5.73 Å². The van der Waals surface area contributed by atoms with E-state index in [1.807, 2.05) is 43.3 Å². The zero-order valence-corrected chi connectivity index (χ0v) is 14.2. The average molecular weight is 371 g/mol. The smallest absolute Gasteiger partial charge is 0.161 e. The lowest BCUT2D eigenvalue weighted by Crippen LogP contribution is -2.06. The Morgan fingerprint density at radius 3 is 2.57 bits per heavy atom. The van der Waals surface area contributed by atoms with E-state index in [1.165, 1.54) is 0 Å². The predicted octanol–water partition coefficient (Wildman–Crippen LogP) is 4.71. The molecule has 0 aliphatic rings. The topological polar surface area (TPSA) is 44.5 Å². The van der Waals surface area contributed by atoms with Crippen molar-refractivity contribution in [1.82, 2.24) is 0 Å². The molecule has 5 heteroatoms. The van der Waals surface area contributed by atoms with Crippen molar-refractivity contribution >= 4 is 27.5 Å². The van der Waals surface area contributed by atoms with Crippen LogP contribution < -0.4 is 15.2 Å². The van der Waals surface area contributed by atoms with E-state index in [0.29, 0.717) is 23.1 Å². The number of benzene rings is 2. The van der Waals surface area contributed by atoms with E-state index < -0.39 is 0 Å². The minimum absolute atomic E-state index is 0.0473. The van der Waals surface area contributed by atoms with Crippen LogP contribution in [0.3, 0.4) is 0 Å². The van der Waals surface area contributed by atoms with Crippen LogP contribution >= 0.6 is 27.5 Å². The van der Waals surface area contributed by atoms with Crippen LogP contribution in [0.4, 0.5) is 0 Å². The number of ether oxygens (including phenoxy) is 2. The Hall–Kier alpha value is -1.23. The second kappa shape index (κ2) is 7.16. The van der Waals surface area contributed by atoms with Crippen LogP contribution in [0, 0.1) is 0 Å². The zero-order chi connectivity index (χ0) is 15.4. The Morgan fingerprint density at radius 2 is 1.95 bits per heavy atom. The first-order valence-electron chi connectivity index (χ1n) is 6.51. The Bertz CT molecular complexity index is 632. The first kappa shape index (κ1) is 16.1. The monoisotopic (exact) mass is 369 g/mol. The summed E-state index contributed by atoms with van der Waals surface area (Å²) in [5.74, 6) is 1.33. The van der Waals surface area contributed by atoms with Crippen LogP contribution in [0.5, 0.6) is 11.5 Å². The van der Waals surface area contributed by atoms with Gasteiger partial charge in [0, 0.05) is 21.1 Å². The molecule has 0 bridgehead atoms. The zero-order valence-electron chi connectivity index (χ0n) is 11.9. The van der Waals surface area contributed by atoms with Gasteiger partial charge in [-0.1, -0.05) is 39.7 Å². The van der Waals surface area contributed by atoms with Crippen molar-refractivity contribution < 1.29 is 9.47 Å². The Kier molecular flexibility index (Phi) is 5.51. The number of hydrogen-bond acceptors (Lipinski definition) is 3. The molecule has 3 nitrogen and oxygen atoms in total. The number of methoxy groups -OCH3 is 1. The molecule has 0 radical (unpaired) electrons. The highest BCUT2D eigenvalue weighted by atomic mass is 79.9. The van der Waals surface area contributed by atoms with Crippen LogP contribution in [-0.4, -0.2) is 7.11 Å². The summed E-state index contributed by atoms with van der Waals surface area (Å²) in [5.41, 5.74) is 7.78. The quantitative estimate of drug-likeness (QED) is 0.829. The van der Waals surface area contributed by atoms with E-state index in [0.717, 1.165) is 15.6 Å². The maximum atomic E-state index is 6.18. The summed E-state index contributed by atoms with van der Waals surface area (Å²) >= 11 is 9.56. The lowest BCUT2D eigenvalue weighted by Gasteiger charge is -2.14. The molecule has 2 N–H and O–H groups in total. The minimum atomic E-state index is -0.0473. The maximum absolute atomic E-state index is 6.18. The molecule has 0 aliphatic heterocycles. The van der Waals surface area contributed by atoms with E-state index in [4.69, 9.17) is 26.8 Å². The van der Waals surface area contributed by atoms with Gasteiger partial charge in [0.05, 0.1) is 7.11 Å². The van der Waals surface area contributed by atoms with E-state index >= 15 is 0 Å². The van der Waals surface area contributed by atoms with Gasteiger partial charge in [-0.25, -0.2) is 0 Å². The van der Waals surface area contributed by atoms with Crippen LogP contribution in [0.25, 0.3) is 0 Å². The molecule has 0 fully saturated rings. The van der Waals surface area contributed by atoms with E-state index in [9.17, 15) is 0 Å². The normalized spacial score (nSPS) is 12.0. The second-order valence-electron chi connectivity index (χ2n) is 4.72. The molecule has 0 saturated heterocycles. The summed E-state index contributed by atoms with van der Waals surface area (Å²) in [6.07, 6.45) is 0. The molecule has 0 unspecified atom stereocenters. The Labute approximate surface area is 138 Å². The minimum Gasteiger partial charge on any atom is -0.493 e. The molecule has 0 saturated carbocycles. The summed E-state index contributed by atoms with van der Waals surface area (Å²) in [6.45, 7) is 2.30. The van der Waals surface area contributed by atoms with Gasteiger partial charge in [-0.05, 0) is 36.8 Å². The molecule has 0 aliphatic carbocycles. The Morgan fingerprint density at radius 1 is 1.19 bits per heavy atom. The van der Waals surface area contributed by atoms with Crippen LogP contribution in [0.2, 0.25) is 5.02 Å². The fourth-order valence-corrected chi connectivity index (χ4v) is 2.61. The van der Waals surface area contributed by atoms with Gasteiger partial charge >= 0.3 is 0 Å². The molecule has 0 aromatic heterocycles. The molecule has 2 aromatic rings. The van der Waals surface area contributed by atoms with Crippen molar-refractivity contribution in [3.05, 3.63) is 57.0 Å². The molecule has 2 aromatic carbocycles. The SMILES string of the molecule is COc1cc([C@H](C)N)ccc1OCc1ccc(Br)cc1Cl. The molecular weight excluding hydrogens is 354 g/mol. The summed E-state index contributed by atoms with van der Waals surface area (Å²) in [7, 11) is 1.61. The highest BCUT2D eigenvalue weighted by Crippen LogP contribution is 2.31. The van der Waals surface area contributed by atoms with E-state index in [-0.39, 0.29) is 6.04 Å². The highest BCUT2D eigenvalue weighted by molar-refractivity contribution is 9.10. The fourth-order valence-electron chi connectivity index (χ4n) is 1.88. The standard InChI is InChI=1S/C16H17BrClNO2/c1-10(19)11-4-6-15(16(7-11)20-2)21-9-12-3-5-13(17)8-14(12)18/h3-8,10H,9,19H2,1-2H3/t10-/m0/s1. The molecule has 1 atom stereocenters. The van der Waals surface area contributed by atoms with Crippen molar-refractivity contribution in [2.45, 2.75) is 19.6 Å². The van der Waals surface area contributed by atoms with Crippen molar-refractivity contribution in [2.75, 3.05) is 7.11 Å². The van der Waals surface area contributed by atoms with Crippen LogP contribution in [-0.2, 0) is 6.61 Å². The average Bonchev–Trinajstić information content (AvgIpc) is 2.46. The molecule has 21 heavy (non-hydrogen) atoms. The third-order valence-corrected chi connectivity index (χ3v) is 3.96. The summed E-state index contributed by atoms with van der Waals surface area (Å²) in [6, 6.07) is 11.3. The van der Waals surface area contributed by atoms with E-state index in [2.05, 4.69) is 15.9 Å². The van der Waals surface area contributed by atoms with Gasteiger partial charge in [-0.2, -0.15) is 0 Å². The van der Waals surface area contributed by atoms with Crippen molar-refractivity contribution in [3.63, 3.8) is 0 Å². The number of halogens is 2. The molecule has 0 heterocycles. The predicted molar refractivity (Wildman–Crippen MR) is 89.1 cm³/mol. The molecule has 0 amide bonds. The lowest BCUT2D eigenvalue weighted by molar-refractivity contribution is 0.284. The van der Waals surface area contributed by atoms with Crippen molar-refractivity contribution in [1.29, 1.82) is 0 Å². The van der Waals surface area contributed by atoms with Gasteiger partial charge < -0.3 is 15.2 Å². The fraction of sp³-hybridized carbons (Fsp3) is 0.250. The summed E-state index contributed by atoms with van der Waals surface area (Å²) in [5, 5.41) is 0.663. The summed E-state index contributed by atoms with van der Waals surface area (Å²) < 4.78 is 12.1. The first-order valence-corrected chi connectivity index (χ1v) is 7.68. The van der Waals surface area contributed by atoms with E-state index in [1.54, 1.807) is 7.11 Å². The molecular formula is C16H17BrClNO2. The van der Waals surface area contributed by atoms with Gasteiger partial charge in [0.2, 0.25) is 0 Å². The Balaban J connectivity index is 2.16. The molecule has 2 rings (SSSR count). The van der Waals surface area contributed by atoms with Crippen LogP contribution in [0.1, 0.15) is 24.1 Å². The number of nitrogens with two attached hydrogens (primary N) is 1. The lowest BCUT2D eigenvalue weighted by atomic mass is 10.1. The molecule has 0 spiro atoms. The maximum Gasteiger partial charge on any atom is 0.161 e. The van der Waals surface area contributed by atoms with Gasteiger partial charge in [0.25, 0.3) is 0 Å².